The van der Waals surface area contributed by atoms with Crippen LogP contribution in [0.2, 0.25) is 0 Å². The second-order valence-corrected chi connectivity index (χ2v) is 11.0. The molecular weight excluding hydrogens is 296 g/mol. The number of hydrogen-bond donors (Lipinski definition) is 0. The maximum absolute atomic E-state index is 12.1. The fourth-order valence-corrected chi connectivity index (χ4v) is 11.6. The number of methoxy groups -OCH3 is 1. The molecule has 2 nitrogen and oxygen atoms in total. The zero-order chi connectivity index (χ0) is 15.8. The van der Waals surface area contributed by atoms with E-state index in [2.05, 4.69) is 0 Å². The molecule has 0 heterocycles. The molecule has 0 amide bonds. The highest BCUT2D eigenvalue weighted by Gasteiger charge is 2.83. The van der Waals surface area contributed by atoms with Gasteiger partial charge in [0.15, 0.2) is 0 Å². The van der Waals surface area contributed by atoms with Gasteiger partial charge in [-0.15, -0.1) is 0 Å². The summed E-state index contributed by atoms with van der Waals surface area (Å²) in [5, 5.41) is 0. The molecule has 10 fully saturated rings. The molecular formula is C22H30O2. The van der Waals surface area contributed by atoms with E-state index in [-0.39, 0.29) is 5.97 Å². The van der Waals surface area contributed by atoms with Crippen LogP contribution in [-0.2, 0) is 9.53 Å². The van der Waals surface area contributed by atoms with Gasteiger partial charge in [-0.3, -0.25) is 4.79 Å². The predicted octanol–water partition coefficient (Wildman–Crippen LogP) is 4.28. The largest absolute Gasteiger partial charge is 0.469 e. The van der Waals surface area contributed by atoms with E-state index in [1.165, 1.54) is 19.3 Å². The topological polar surface area (TPSA) is 26.3 Å². The first-order valence-electron chi connectivity index (χ1n) is 10.7. The molecule has 0 N–H and O–H groups in total. The summed E-state index contributed by atoms with van der Waals surface area (Å²) in [5.41, 5.74) is 1.22. The van der Waals surface area contributed by atoms with Crippen LogP contribution in [0.4, 0.5) is 0 Å². The van der Waals surface area contributed by atoms with Crippen LogP contribution in [0.5, 0.6) is 0 Å². The third kappa shape index (κ3) is 1.15. The van der Waals surface area contributed by atoms with Crippen LogP contribution in [0.25, 0.3) is 0 Å². The van der Waals surface area contributed by atoms with E-state index in [1.54, 1.807) is 39.2 Å². The molecule has 0 radical (unpaired) electrons. The van der Waals surface area contributed by atoms with E-state index in [1.807, 2.05) is 0 Å². The van der Waals surface area contributed by atoms with Gasteiger partial charge in [-0.1, -0.05) is 0 Å². The lowest BCUT2D eigenvalue weighted by atomic mass is 9.17. The average Bonchev–Trinajstić information content (AvgIpc) is 2.59. The number of esters is 1. The van der Waals surface area contributed by atoms with E-state index < -0.39 is 0 Å². The first-order valence-corrected chi connectivity index (χ1v) is 10.7. The summed E-state index contributed by atoms with van der Waals surface area (Å²) in [5.74, 6) is 9.46. The van der Waals surface area contributed by atoms with Gasteiger partial charge in [0.25, 0.3) is 0 Å². The molecule has 10 aliphatic rings. The summed E-state index contributed by atoms with van der Waals surface area (Å²) >= 11 is 0. The smallest absolute Gasteiger partial charge is 0.305 e. The minimum absolute atomic E-state index is 0.0496. The van der Waals surface area contributed by atoms with Crippen molar-refractivity contribution in [1.82, 2.24) is 0 Å². The van der Waals surface area contributed by atoms with Crippen molar-refractivity contribution in [2.45, 2.75) is 57.8 Å². The molecule has 2 heteroatoms. The maximum atomic E-state index is 12.1. The van der Waals surface area contributed by atoms with Gasteiger partial charge in [-0.2, -0.15) is 0 Å². The zero-order valence-electron chi connectivity index (χ0n) is 14.9. The lowest BCUT2D eigenvalue weighted by Crippen LogP contribution is -2.81. The average molecular weight is 326 g/mol. The van der Waals surface area contributed by atoms with Crippen molar-refractivity contribution in [3.05, 3.63) is 0 Å². The minimum Gasteiger partial charge on any atom is -0.469 e. The summed E-state index contributed by atoms with van der Waals surface area (Å²) in [6.45, 7) is 0. The Labute approximate surface area is 145 Å². The van der Waals surface area contributed by atoms with Gasteiger partial charge in [-0.25, -0.2) is 0 Å². The quantitative estimate of drug-likeness (QED) is 0.723. The van der Waals surface area contributed by atoms with Gasteiger partial charge in [0, 0.05) is 6.42 Å². The van der Waals surface area contributed by atoms with Gasteiger partial charge in [0.05, 0.1) is 7.11 Å². The van der Waals surface area contributed by atoms with Crippen LogP contribution in [0.15, 0.2) is 0 Å². The monoisotopic (exact) mass is 326 g/mol. The summed E-state index contributed by atoms with van der Waals surface area (Å²) < 4.78 is 5.08. The molecule has 0 aromatic heterocycles. The summed E-state index contributed by atoms with van der Waals surface area (Å²) in [7, 11) is 1.58. The highest BCUT2D eigenvalue weighted by molar-refractivity contribution is 5.69. The van der Waals surface area contributed by atoms with Crippen molar-refractivity contribution in [3.8, 4) is 0 Å². The van der Waals surface area contributed by atoms with Crippen LogP contribution < -0.4 is 0 Å². The summed E-state index contributed by atoms with van der Waals surface area (Å²) in [4.78, 5) is 12.1. The highest BCUT2D eigenvalue weighted by atomic mass is 16.5. The second-order valence-electron chi connectivity index (χ2n) is 11.0. The maximum Gasteiger partial charge on any atom is 0.305 e. The lowest BCUT2D eigenvalue weighted by molar-refractivity contribution is -0.395. The Balaban J connectivity index is 1.42. The summed E-state index contributed by atoms with van der Waals surface area (Å²) in [6, 6.07) is 0. The Hall–Kier alpha value is -0.530. The van der Waals surface area contributed by atoms with Crippen LogP contribution >= 0.6 is 0 Å². The van der Waals surface area contributed by atoms with E-state index in [9.17, 15) is 4.79 Å². The van der Waals surface area contributed by atoms with Crippen molar-refractivity contribution in [1.29, 1.82) is 0 Å². The third-order valence-corrected chi connectivity index (χ3v) is 11.2. The van der Waals surface area contributed by atoms with Gasteiger partial charge in [-0.05, 0) is 115 Å². The van der Waals surface area contributed by atoms with Crippen LogP contribution in [0.3, 0.4) is 0 Å². The standard InChI is InChI=1S/C22H30O2/c1-24-19(23)2-3-22-17-6-11-4-15-13(17)8-14-16-5-12(7-18(14)22)10-21(22,9-11)20(15)16/h11-18,20H,2-10H2,1H3. The Kier molecular flexibility index (Phi) is 2.22. The van der Waals surface area contributed by atoms with E-state index in [0.29, 0.717) is 17.3 Å². The van der Waals surface area contributed by atoms with E-state index in [4.69, 9.17) is 4.74 Å². The van der Waals surface area contributed by atoms with Gasteiger partial charge < -0.3 is 4.74 Å². The van der Waals surface area contributed by atoms with Crippen LogP contribution in [-0.4, -0.2) is 13.1 Å². The molecule has 0 saturated heterocycles. The molecule has 0 aromatic rings. The number of carbonyl (C=O) groups excluding carboxylic acids is 1. The normalized spacial score (nSPS) is 65.8. The Morgan fingerprint density at radius 2 is 1.54 bits per heavy atom. The fraction of sp³-hybridized carbons (Fsp3) is 0.955. The molecule has 0 aromatic carbocycles. The molecule has 10 rings (SSSR count). The summed E-state index contributed by atoms with van der Waals surface area (Å²) in [6.07, 6.45) is 12.8. The first kappa shape index (κ1) is 13.6. The molecule has 8 unspecified atom stereocenters. The molecule has 130 valence electrons. The Bertz CT molecular complexity index is 602. The molecule has 10 aliphatic carbocycles. The minimum atomic E-state index is 0.0496. The SMILES string of the molecule is COC(=O)CCC12C3CC4CC5C3CC3C6CC(CC31)CC2(C4)C56. The number of ether oxygens (including phenoxy) is 1. The molecule has 0 aliphatic heterocycles. The van der Waals surface area contributed by atoms with Crippen molar-refractivity contribution < 1.29 is 9.53 Å². The lowest BCUT2D eigenvalue weighted by Gasteiger charge is -2.87. The van der Waals surface area contributed by atoms with Gasteiger partial charge in [0.1, 0.15) is 0 Å². The van der Waals surface area contributed by atoms with Gasteiger partial charge >= 0.3 is 5.97 Å². The van der Waals surface area contributed by atoms with E-state index in [0.717, 1.165) is 53.3 Å². The highest BCUT2D eigenvalue weighted by Crippen LogP contribution is 2.89. The molecule has 24 heavy (non-hydrogen) atoms. The fourth-order valence-electron chi connectivity index (χ4n) is 11.6. The van der Waals surface area contributed by atoms with Crippen molar-refractivity contribution in [3.63, 3.8) is 0 Å². The zero-order valence-corrected chi connectivity index (χ0v) is 14.9. The number of hydrogen-bond acceptors (Lipinski definition) is 2. The van der Waals surface area contributed by atoms with Crippen LogP contribution in [0.1, 0.15) is 57.8 Å². The predicted molar refractivity (Wildman–Crippen MR) is 89.8 cm³/mol. The van der Waals surface area contributed by atoms with E-state index >= 15 is 0 Å². The molecule has 10 saturated carbocycles. The van der Waals surface area contributed by atoms with Crippen molar-refractivity contribution in [2.24, 2.45) is 64.1 Å². The molecule has 1 spiro atoms. The van der Waals surface area contributed by atoms with Crippen molar-refractivity contribution in [2.75, 3.05) is 7.11 Å². The second kappa shape index (κ2) is 3.91. The Morgan fingerprint density at radius 1 is 0.917 bits per heavy atom. The molecule has 11 bridgehead atoms. The van der Waals surface area contributed by atoms with Crippen molar-refractivity contribution >= 4 is 5.97 Å². The van der Waals surface area contributed by atoms with Crippen LogP contribution in [0, 0.1) is 64.1 Å². The Morgan fingerprint density at radius 3 is 2.12 bits per heavy atom. The third-order valence-electron chi connectivity index (χ3n) is 11.2. The first-order chi connectivity index (χ1) is 11.7. The van der Waals surface area contributed by atoms with Gasteiger partial charge in [0.2, 0.25) is 0 Å². The molecule has 8 atom stereocenters. The number of rotatable bonds is 3. The number of carbonyl (C=O) groups is 1.